The lowest BCUT2D eigenvalue weighted by atomic mass is 9.77. The number of likely N-dealkylation sites (tertiary alicyclic amines) is 1. The number of rotatable bonds is 12. The number of nitrogens with two attached hydrogens (primary N) is 1. The molecule has 0 aromatic heterocycles. The predicted molar refractivity (Wildman–Crippen MR) is 163 cm³/mol. The number of urea groups is 1. The lowest BCUT2D eigenvalue weighted by Crippen LogP contribution is -2.63. The van der Waals surface area contributed by atoms with Crippen molar-refractivity contribution in [3.63, 3.8) is 0 Å². The smallest absolute Gasteiger partial charge is 0.315 e. The first-order valence-electron chi connectivity index (χ1n) is 16.6. The molecule has 4 aliphatic carbocycles. The Kier molecular flexibility index (Phi) is 8.65. The van der Waals surface area contributed by atoms with Crippen LogP contribution in [0.5, 0.6) is 0 Å². The highest BCUT2D eigenvalue weighted by Crippen LogP contribution is 2.65. The normalized spacial score (nSPS) is 28.2. The Balaban J connectivity index is 1.32. The summed E-state index contributed by atoms with van der Waals surface area (Å²) in [6, 6.07) is -3.27. The fourth-order valence-corrected chi connectivity index (χ4v) is 7.84. The van der Waals surface area contributed by atoms with E-state index in [1.807, 2.05) is 20.8 Å². The van der Waals surface area contributed by atoms with Gasteiger partial charge in [-0.25, -0.2) is 4.79 Å². The SMILES string of the molecule is CC(C)(C)[C@H](NC(=O)NC1(CC(=O)C2CC2)CCCCC1)C(=O)N1C[C@H]2[C@@H]([C@H]1C(=O)NC(CC1CC1)C(=O)C(N)=O)C2(C)C. The lowest BCUT2D eigenvalue weighted by Gasteiger charge is -2.40. The molecular formula is C33H51N5O6. The molecule has 11 nitrogen and oxygen atoms in total. The predicted octanol–water partition coefficient (Wildman–Crippen LogP) is 2.59. The van der Waals surface area contributed by atoms with Crippen molar-refractivity contribution < 1.29 is 28.8 Å². The van der Waals surface area contributed by atoms with Crippen molar-refractivity contribution in [2.75, 3.05) is 6.54 Å². The summed E-state index contributed by atoms with van der Waals surface area (Å²) >= 11 is 0. The topological polar surface area (TPSA) is 168 Å². The number of carbonyl (C=O) groups is 6. The first-order chi connectivity index (χ1) is 20.5. The third kappa shape index (κ3) is 6.81. The molecule has 1 saturated heterocycles. The van der Waals surface area contributed by atoms with Crippen molar-refractivity contribution >= 4 is 35.3 Å². The summed E-state index contributed by atoms with van der Waals surface area (Å²) in [4.78, 5) is 80.4. The zero-order valence-electron chi connectivity index (χ0n) is 27.0. The first-order valence-corrected chi connectivity index (χ1v) is 16.6. The van der Waals surface area contributed by atoms with Gasteiger partial charge in [0.1, 0.15) is 17.9 Å². The van der Waals surface area contributed by atoms with Crippen LogP contribution in [0.4, 0.5) is 4.79 Å². The van der Waals surface area contributed by atoms with Gasteiger partial charge in [0, 0.05) is 24.4 Å². The van der Waals surface area contributed by atoms with Crippen molar-refractivity contribution in [3.05, 3.63) is 0 Å². The molecule has 0 aromatic carbocycles. The standard InChI is InChI=1S/C33H51N5O6/c1-31(2,3)26(36-30(44)37-33(13-7-6-8-14-33)16-22(39)19-11-12-19)29(43)38-17-20-23(32(20,4)5)24(38)28(42)35-21(15-18-9-10-18)25(40)27(34)41/h18-21,23-24,26H,6-17H2,1-5H3,(H2,34,41)(H,35,42)(H2,36,37,44)/t20-,21?,23-,24-,26+/m0/s1. The fourth-order valence-electron chi connectivity index (χ4n) is 7.84. The molecule has 5 amide bonds. The molecular weight excluding hydrogens is 562 g/mol. The van der Waals surface area contributed by atoms with Crippen LogP contribution in [0.15, 0.2) is 0 Å². The fraction of sp³-hybridized carbons (Fsp3) is 0.818. The van der Waals surface area contributed by atoms with E-state index in [9.17, 15) is 28.8 Å². The molecule has 5 aliphatic rings. The molecule has 5 atom stereocenters. The third-order valence-electron chi connectivity index (χ3n) is 11.0. The number of nitrogens with zero attached hydrogens (tertiary/aromatic N) is 1. The average molecular weight is 614 g/mol. The number of fused-ring (bicyclic) bond motifs is 1. The summed E-state index contributed by atoms with van der Waals surface area (Å²) in [5.41, 5.74) is 3.84. The number of hydrogen-bond donors (Lipinski definition) is 4. The van der Waals surface area contributed by atoms with Gasteiger partial charge in [-0.2, -0.15) is 0 Å². The molecule has 0 bridgehead atoms. The Hall–Kier alpha value is -2.98. The number of Topliss-reactive ketones (excluding diaryl/α,β-unsaturated/α-hetero) is 2. The Bertz CT molecular complexity index is 1210. The molecule has 1 heterocycles. The van der Waals surface area contributed by atoms with Crippen LogP contribution in [0.25, 0.3) is 0 Å². The second-order valence-corrected chi connectivity index (χ2v) is 16.0. The highest BCUT2D eigenvalue weighted by atomic mass is 16.2. The van der Waals surface area contributed by atoms with Crippen LogP contribution in [0, 0.1) is 34.5 Å². The van der Waals surface area contributed by atoms with E-state index >= 15 is 0 Å². The molecule has 244 valence electrons. The van der Waals surface area contributed by atoms with E-state index in [0.717, 1.165) is 57.8 Å². The number of carbonyl (C=O) groups excluding carboxylic acids is 6. The van der Waals surface area contributed by atoms with E-state index in [0.29, 0.717) is 19.4 Å². The lowest BCUT2D eigenvalue weighted by molar-refractivity contribution is -0.145. The van der Waals surface area contributed by atoms with Gasteiger partial charge in [-0.1, -0.05) is 66.7 Å². The maximum absolute atomic E-state index is 14.3. The van der Waals surface area contributed by atoms with E-state index in [2.05, 4.69) is 29.8 Å². The minimum absolute atomic E-state index is 0.101. The second-order valence-electron chi connectivity index (χ2n) is 16.0. The summed E-state index contributed by atoms with van der Waals surface area (Å²) in [7, 11) is 0. The van der Waals surface area contributed by atoms with E-state index in [1.165, 1.54) is 0 Å². The van der Waals surface area contributed by atoms with Gasteiger partial charge in [0.25, 0.3) is 5.91 Å². The molecule has 5 rings (SSSR count). The van der Waals surface area contributed by atoms with Gasteiger partial charge in [-0.3, -0.25) is 24.0 Å². The Morgan fingerprint density at radius 3 is 2.11 bits per heavy atom. The minimum atomic E-state index is -1.09. The van der Waals surface area contributed by atoms with Gasteiger partial charge >= 0.3 is 6.03 Å². The number of ketones is 2. The van der Waals surface area contributed by atoms with Gasteiger partial charge in [-0.15, -0.1) is 0 Å². The molecule has 44 heavy (non-hydrogen) atoms. The summed E-state index contributed by atoms with van der Waals surface area (Å²) in [6.45, 7) is 10.1. The third-order valence-corrected chi connectivity index (χ3v) is 11.0. The van der Waals surface area contributed by atoms with Gasteiger partial charge in [-0.05, 0) is 60.7 Å². The largest absolute Gasteiger partial charge is 0.363 e. The average Bonchev–Trinajstić information content (AvgIpc) is 3.87. The van der Waals surface area contributed by atoms with Crippen LogP contribution in [0.1, 0.15) is 105 Å². The van der Waals surface area contributed by atoms with Crippen molar-refractivity contribution in [1.82, 2.24) is 20.9 Å². The van der Waals surface area contributed by atoms with Gasteiger partial charge in [0.2, 0.25) is 17.6 Å². The number of amides is 5. The zero-order valence-corrected chi connectivity index (χ0v) is 27.0. The first kappa shape index (κ1) is 32.4. The van der Waals surface area contributed by atoms with Crippen LogP contribution in [0.3, 0.4) is 0 Å². The number of piperidine rings is 1. The Morgan fingerprint density at radius 1 is 0.932 bits per heavy atom. The maximum Gasteiger partial charge on any atom is 0.315 e. The summed E-state index contributed by atoms with van der Waals surface area (Å²) < 4.78 is 0. The van der Waals surface area contributed by atoms with Crippen LogP contribution < -0.4 is 21.7 Å². The quantitative estimate of drug-likeness (QED) is 0.247. The summed E-state index contributed by atoms with van der Waals surface area (Å²) in [5.74, 6) is -2.16. The Labute approximate surface area is 260 Å². The van der Waals surface area contributed by atoms with Crippen molar-refractivity contribution in [2.45, 2.75) is 129 Å². The van der Waals surface area contributed by atoms with E-state index in [1.54, 1.807) is 4.90 Å². The van der Waals surface area contributed by atoms with Crippen molar-refractivity contribution in [2.24, 2.45) is 40.2 Å². The molecule has 1 unspecified atom stereocenters. The highest BCUT2D eigenvalue weighted by Gasteiger charge is 2.70. The summed E-state index contributed by atoms with van der Waals surface area (Å²) in [5, 5.41) is 8.86. The molecule has 0 spiro atoms. The van der Waals surface area contributed by atoms with Crippen LogP contribution in [0.2, 0.25) is 0 Å². The molecule has 1 aliphatic heterocycles. The number of primary amides is 1. The second kappa shape index (κ2) is 11.7. The van der Waals surface area contributed by atoms with Gasteiger partial charge in [0.15, 0.2) is 0 Å². The molecule has 0 aromatic rings. The molecule has 0 radical (unpaired) electrons. The van der Waals surface area contributed by atoms with Gasteiger partial charge < -0.3 is 26.6 Å². The van der Waals surface area contributed by atoms with E-state index in [4.69, 9.17) is 5.73 Å². The molecule has 5 fully saturated rings. The highest BCUT2D eigenvalue weighted by molar-refractivity contribution is 6.37. The molecule has 5 N–H and O–H groups in total. The zero-order chi connectivity index (χ0) is 32.2. The number of nitrogens with one attached hydrogen (secondary N) is 3. The summed E-state index contributed by atoms with van der Waals surface area (Å²) in [6.07, 6.45) is 8.76. The Morgan fingerprint density at radius 2 is 1.57 bits per heavy atom. The van der Waals surface area contributed by atoms with Crippen molar-refractivity contribution in [1.29, 1.82) is 0 Å². The van der Waals surface area contributed by atoms with E-state index < -0.39 is 52.7 Å². The molecule has 4 saturated carbocycles. The van der Waals surface area contributed by atoms with Crippen molar-refractivity contribution in [3.8, 4) is 0 Å². The monoisotopic (exact) mass is 613 g/mol. The van der Waals surface area contributed by atoms with E-state index in [-0.39, 0.29) is 40.8 Å². The molecule has 11 heteroatoms. The van der Waals surface area contributed by atoms with Crippen LogP contribution >= 0.6 is 0 Å². The number of hydrogen-bond acceptors (Lipinski definition) is 6. The van der Waals surface area contributed by atoms with Crippen LogP contribution in [-0.2, 0) is 24.0 Å². The maximum atomic E-state index is 14.3. The van der Waals surface area contributed by atoms with Crippen LogP contribution in [-0.4, -0.2) is 70.4 Å². The van der Waals surface area contributed by atoms with Gasteiger partial charge in [0.05, 0.1) is 6.04 Å². The minimum Gasteiger partial charge on any atom is -0.363 e.